The molecule has 2 aliphatic rings. The van der Waals surface area contributed by atoms with Crippen LogP contribution in [0.2, 0.25) is 5.02 Å². The molecular weight excluding hydrogens is 486 g/mol. The lowest BCUT2D eigenvalue weighted by Gasteiger charge is -2.29. The van der Waals surface area contributed by atoms with Crippen molar-refractivity contribution in [2.75, 3.05) is 36.5 Å². The number of morpholine rings is 1. The number of nitrogens with zero attached hydrogens (tertiary/aromatic N) is 2. The summed E-state index contributed by atoms with van der Waals surface area (Å²) in [5, 5.41) is 17.6. The molecule has 1 amide bonds. The van der Waals surface area contributed by atoms with Crippen LogP contribution in [-0.4, -0.2) is 42.5 Å². The summed E-state index contributed by atoms with van der Waals surface area (Å²) in [5.74, 6) is -0.627. The first-order valence-corrected chi connectivity index (χ1v) is 10.8. The number of halogens is 2. The van der Waals surface area contributed by atoms with Gasteiger partial charge in [-0.3, -0.25) is 4.79 Å². The third-order valence-electron chi connectivity index (χ3n) is 5.36. The van der Waals surface area contributed by atoms with Crippen molar-refractivity contribution in [2.45, 2.75) is 0 Å². The quantitative estimate of drug-likeness (QED) is 0.388. The maximum atomic E-state index is 12.6. The molecule has 3 aromatic rings. The van der Waals surface area contributed by atoms with Crippen molar-refractivity contribution in [3.8, 4) is 11.1 Å². The molecule has 0 atom stereocenters. The van der Waals surface area contributed by atoms with E-state index >= 15 is 0 Å². The highest BCUT2D eigenvalue weighted by molar-refractivity contribution is 9.10. The van der Waals surface area contributed by atoms with E-state index in [1.54, 1.807) is 12.1 Å². The van der Waals surface area contributed by atoms with Crippen LogP contribution in [-0.2, 0) is 9.53 Å². The van der Waals surface area contributed by atoms with E-state index in [-0.39, 0.29) is 17.1 Å². The van der Waals surface area contributed by atoms with Gasteiger partial charge >= 0.3 is 0 Å². The third kappa shape index (κ3) is 3.71. The van der Waals surface area contributed by atoms with Gasteiger partial charge in [0.05, 0.1) is 29.5 Å². The summed E-state index contributed by atoms with van der Waals surface area (Å²) in [6.07, 6.45) is 0. The van der Waals surface area contributed by atoms with Crippen molar-refractivity contribution in [2.24, 2.45) is 0 Å². The van der Waals surface area contributed by atoms with Crippen LogP contribution in [0.3, 0.4) is 0 Å². The number of fused-ring (bicyclic) bond motifs is 1. The number of hydrogen-bond donors (Lipinski definition) is 2. The number of rotatable bonds is 3. The van der Waals surface area contributed by atoms with E-state index in [1.807, 2.05) is 24.3 Å². The normalized spacial score (nSPS) is 17.5. The first kappa shape index (κ1) is 20.1. The lowest BCUT2D eigenvalue weighted by molar-refractivity contribution is -0.110. The molecule has 0 radical (unpaired) electrons. The number of aliphatic hydroxyl groups excluding tert-OH is 1. The van der Waals surface area contributed by atoms with Gasteiger partial charge in [0.15, 0.2) is 5.76 Å². The number of amides is 1. The van der Waals surface area contributed by atoms with E-state index in [4.69, 9.17) is 20.9 Å². The van der Waals surface area contributed by atoms with Crippen LogP contribution >= 0.6 is 27.5 Å². The van der Waals surface area contributed by atoms with Crippen LogP contribution in [0.25, 0.3) is 22.5 Å². The summed E-state index contributed by atoms with van der Waals surface area (Å²) in [5.41, 5.74) is 3.98. The van der Waals surface area contributed by atoms with Gasteiger partial charge in [-0.2, -0.15) is 0 Å². The SMILES string of the molecule is O=C1Nc2cc(Cl)c(-c3ccc(N4CCOCC4)cc3)cc2/C1=C(/O)c1cc(Br)no1. The Kier molecular flexibility index (Phi) is 5.21. The zero-order valence-corrected chi connectivity index (χ0v) is 18.5. The Bertz CT molecular complexity index is 1200. The van der Waals surface area contributed by atoms with Crippen molar-refractivity contribution in [1.29, 1.82) is 0 Å². The van der Waals surface area contributed by atoms with Gasteiger partial charge in [-0.15, -0.1) is 0 Å². The summed E-state index contributed by atoms with van der Waals surface area (Å²) >= 11 is 9.71. The number of ether oxygens (including phenoxy) is 1. The fourth-order valence-electron chi connectivity index (χ4n) is 3.81. The number of aromatic nitrogens is 1. The molecule has 0 spiro atoms. The number of anilines is 2. The molecule has 2 N–H and O–H groups in total. The molecule has 2 aliphatic heterocycles. The maximum absolute atomic E-state index is 12.6. The van der Waals surface area contributed by atoms with Gasteiger partial charge < -0.3 is 24.6 Å². The van der Waals surface area contributed by atoms with Gasteiger partial charge in [0.2, 0.25) is 5.76 Å². The second-order valence-corrected chi connectivity index (χ2v) is 8.44. The fourth-order valence-corrected chi connectivity index (χ4v) is 4.36. The molecule has 1 saturated heterocycles. The third-order valence-corrected chi connectivity index (χ3v) is 6.04. The standard InChI is InChI=1S/C22H17BrClN3O4/c23-19-11-18(31-26-19)21(28)20-15-9-14(16(24)10-17(15)25-22(20)29)12-1-3-13(4-2-12)27-5-7-30-8-6-27/h1-4,9-11,28H,5-8H2,(H,25,29)/b21-20-. The highest BCUT2D eigenvalue weighted by atomic mass is 79.9. The highest BCUT2D eigenvalue weighted by Gasteiger charge is 2.31. The zero-order valence-electron chi connectivity index (χ0n) is 16.2. The molecule has 0 unspecified atom stereocenters. The largest absolute Gasteiger partial charge is 0.504 e. The minimum Gasteiger partial charge on any atom is -0.504 e. The summed E-state index contributed by atoms with van der Waals surface area (Å²) in [6, 6.07) is 13.1. The first-order valence-electron chi connectivity index (χ1n) is 9.65. The number of carbonyl (C=O) groups is 1. The summed E-state index contributed by atoms with van der Waals surface area (Å²) in [7, 11) is 0. The lowest BCUT2D eigenvalue weighted by atomic mass is 9.98. The van der Waals surface area contributed by atoms with Crippen LogP contribution in [0.5, 0.6) is 0 Å². The van der Waals surface area contributed by atoms with E-state index in [2.05, 4.69) is 31.3 Å². The Balaban J connectivity index is 1.54. The van der Waals surface area contributed by atoms with E-state index in [0.29, 0.717) is 20.9 Å². The molecule has 5 rings (SSSR count). The highest BCUT2D eigenvalue weighted by Crippen LogP contribution is 2.42. The van der Waals surface area contributed by atoms with Crippen LogP contribution in [0.4, 0.5) is 11.4 Å². The Morgan fingerprint density at radius 2 is 1.87 bits per heavy atom. The Morgan fingerprint density at radius 1 is 1.13 bits per heavy atom. The van der Waals surface area contributed by atoms with E-state index in [1.165, 1.54) is 6.07 Å². The number of carbonyl (C=O) groups excluding carboxylic acids is 1. The average Bonchev–Trinajstić information content (AvgIpc) is 3.35. The van der Waals surface area contributed by atoms with Crippen LogP contribution in [0.15, 0.2) is 51.6 Å². The fraction of sp³-hybridized carbons (Fsp3) is 0.182. The molecule has 3 heterocycles. The summed E-state index contributed by atoms with van der Waals surface area (Å²) in [6.45, 7) is 3.16. The molecule has 158 valence electrons. The van der Waals surface area contributed by atoms with Crippen molar-refractivity contribution in [3.63, 3.8) is 0 Å². The van der Waals surface area contributed by atoms with Gasteiger partial charge in [0, 0.05) is 36.0 Å². The first-order chi connectivity index (χ1) is 15.0. The molecule has 1 fully saturated rings. The second kappa shape index (κ2) is 8.03. The van der Waals surface area contributed by atoms with Gasteiger partial charge in [0.25, 0.3) is 5.91 Å². The molecule has 9 heteroatoms. The number of benzene rings is 2. The topological polar surface area (TPSA) is 87.8 Å². The van der Waals surface area contributed by atoms with E-state index in [0.717, 1.165) is 43.1 Å². The van der Waals surface area contributed by atoms with Crippen LogP contribution in [0.1, 0.15) is 11.3 Å². The van der Waals surface area contributed by atoms with Gasteiger partial charge in [0.1, 0.15) is 4.60 Å². The van der Waals surface area contributed by atoms with E-state index in [9.17, 15) is 9.90 Å². The van der Waals surface area contributed by atoms with Gasteiger partial charge in [-0.05, 0) is 45.8 Å². The van der Waals surface area contributed by atoms with Crippen molar-refractivity contribution in [3.05, 3.63) is 63.4 Å². The van der Waals surface area contributed by atoms with Crippen molar-refractivity contribution >= 4 is 56.1 Å². The van der Waals surface area contributed by atoms with Crippen molar-refractivity contribution < 1.29 is 19.2 Å². The number of nitrogens with one attached hydrogen (secondary N) is 1. The molecule has 7 nitrogen and oxygen atoms in total. The van der Waals surface area contributed by atoms with E-state index < -0.39 is 5.91 Å². The van der Waals surface area contributed by atoms with Crippen LogP contribution in [0, 0.1) is 0 Å². The molecule has 1 aromatic heterocycles. The van der Waals surface area contributed by atoms with Gasteiger partial charge in [-0.25, -0.2) is 0 Å². The Morgan fingerprint density at radius 3 is 2.55 bits per heavy atom. The number of hydrogen-bond acceptors (Lipinski definition) is 6. The minimum absolute atomic E-state index is 0.0937. The molecule has 2 aromatic carbocycles. The summed E-state index contributed by atoms with van der Waals surface area (Å²) in [4.78, 5) is 14.8. The average molecular weight is 503 g/mol. The predicted molar refractivity (Wildman–Crippen MR) is 122 cm³/mol. The Hall–Kier alpha value is -2.81. The Labute approximate surface area is 191 Å². The molecule has 0 saturated carbocycles. The summed E-state index contributed by atoms with van der Waals surface area (Å²) < 4.78 is 10.9. The molecular formula is C22H17BrClN3O4. The smallest absolute Gasteiger partial charge is 0.260 e. The molecule has 0 bridgehead atoms. The minimum atomic E-state index is -0.434. The predicted octanol–water partition coefficient (Wildman–Crippen LogP) is 4.97. The monoisotopic (exact) mass is 501 g/mol. The molecule has 0 aliphatic carbocycles. The van der Waals surface area contributed by atoms with Gasteiger partial charge in [-0.1, -0.05) is 28.9 Å². The lowest BCUT2D eigenvalue weighted by Crippen LogP contribution is -2.36. The van der Waals surface area contributed by atoms with Crippen molar-refractivity contribution in [1.82, 2.24) is 5.16 Å². The second-order valence-electron chi connectivity index (χ2n) is 7.22. The maximum Gasteiger partial charge on any atom is 0.260 e. The zero-order chi connectivity index (χ0) is 21.5. The number of aliphatic hydroxyl groups is 1. The van der Waals surface area contributed by atoms with Crippen LogP contribution < -0.4 is 10.2 Å². The molecule has 31 heavy (non-hydrogen) atoms.